The minimum absolute atomic E-state index is 0.121. The number of ketones is 1. The van der Waals surface area contributed by atoms with Crippen LogP contribution in [0.25, 0.3) is 20.3 Å². The smallest absolute Gasteiger partial charge is 0.159 e. The number of nitrogens with zero attached hydrogens (tertiary/aromatic N) is 5. The van der Waals surface area contributed by atoms with E-state index in [-0.39, 0.29) is 5.78 Å². The Balaban J connectivity index is -0.000000160. The number of hydrogen-bond acceptors (Lipinski definition) is 6. The maximum absolute atomic E-state index is 10.6. The maximum atomic E-state index is 10.6. The lowest BCUT2D eigenvalue weighted by Gasteiger charge is -2.13. The second-order valence-electron chi connectivity index (χ2n) is 15.2. The van der Waals surface area contributed by atoms with Crippen LogP contribution in [-0.4, -0.2) is 30.3 Å². The number of Topliss-reactive ketones (excluding diaryl/α,β-unsaturated/α-hetero) is 1. The second-order valence-corrected chi connectivity index (χ2v) is 17.2. The quantitative estimate of drug-likeness (QED) is 0.162. The molecule has 4 aromatic heterocycles. The van der Waals surface area contributed by atoms with E-state index in [4.69, 9.17) is 0 Å². The second kappa shape index (κ2) is 77.1. The van der Waals surface area contributed by atoms with Crippen LogP contribution >= 0.6 is 22.7 Å². The zero-order valence-electron chi connectivity index (χ0n) is 60.2. The van der Waals surface area contributed by atoms with Gasteiger partial charge in [-0.15, -0.1) is 22.7 Å². The molecule has 0 saturated carbocycles. The number of thiazole rings is 1. The first kappa shape index (κ1) is 93.7. The van der Waals surface area contributed by atoms with Crippen LogP contribution in [0.5, 0.6) is 0 Å². The molecule has 0 amide bonds. The molecule has 0 fully saturated rings. The van der Waals surface area contributed by atoms with Crippen molar-refractivity contribution in [3.05, 3.63) is 209 Å². The molecule has 2 aliphatic heterocycles. The number of benzene rings is 5. The van der Waals surface area contributed by atoms with Crippen molar-refractivity contribution in [3.8, 4) is 0 Å². The zero-order chi connectivity index (χ0) is 67.0. The van der Waals surface area contributed by atoms with Crippen LogP contribution < -0.4 is 0 Å². The van der Waals surface area contributed by atoms with Gasteiger partial charge in [-0.05, 0) is 122 Å². The zero-order valence-corrected chi connectivity index (χ0v) is 61.8. The summed E-state index contributed by atoms with van der Waals surface area (Å²) in [4.78, 5) is 14.8. The minimum atomic E-state index is 0.121. The molecule has 0 unspecified atom stereocenters. The van der Waals surface area contributed by atoms with Crippen molar-refractivity contribution in [2.75, 3.05) is 0 Å². The summed E-state index contributed by atoms with van der Waals surface area (Å²) in [6.07, 6.45) is 16.6. The summed E-state index contributed by atoms with van der Waals surface area (Å²) in [5.41, 5.74) is 11.2. The molecule has 0 spiro atoms. The van der Waals surface area contributed by atoms with Crippen LogP contribution in [-0.2, 0) is 45.2 Å². The van der Waals surface area contributed by atoms with Gasteiger partial charge in [-0.3, -0.25) is 14.2 Å². The summed E-state index contributed by atoms with van der Waals surface area (Å²) in [6, 6.07) is 51.4. The average molecular weight is 1220 g/mol. The van der Waals surface area contributed by atoms with Crippen molar-refractivity contribution in [2.45, 2.75) is 257 Å². The Morgan fingerprint density at radius 3 is 1.13 bits per heavy atom. The van der Waals surface area contributed by atoms with Gasteiger partial charge < -0.3 is 0 Å². The highest BCUT2D eigenvalue weighted by Crippen LogP contribution is 2.23. The fourth-order valence-corrected chi connectivity index (χ4v) is 8.91. The van der Waals surface area contributed by atoms with Crippen molar-refractivity contribution in [1.82, 2.24) is 24.5 Å². The Bertz CT molecular complexity index is 2430. The van der Waals surface area contributed by atoms with Crippen LogP contribution in [0, 0.1) is 0 Å². The summed E-state index contributed by atoms with van der Waals surface area (Å²) in [7, 11) is 0. The van der Waals surface area contributed by atoms with Gasteiger partial charge in [0.1, 0.15) is 4.01 Å². The molecule has 9 aromatic rings. The molecule has 0 bridgehead atoms. The fraction of sp³-hybridized carbons (Fsp3) is 0.487. The van der Waals surface area contributed by atoms with Gasteiger partial charge >= 0.3 is 0 Å². The van der Waals surface area contributed by atoms with E-state index in [2.05, 4.69) is 146 Å². The van der Waals surface area contributed by atoms with Crippen molar-refractivity contribution < 1.29 is 4.79 Å². The van der Waals surface area contributed by atoms with Gasteiger partial charge in [0.15, 0.2) is 5.78 Å². The largest absolute Gasteiger partial charge is 0.295 e. The predicted molar refractivity (Wildman–Crippen MR) is 399 cm³/mol. The monoisotopic (exact) mass is 1220 g/mol. The Labute approximate surface area is 540 Å². The van der Waals surface area contributed by atoms with Crippen LogP contribution in [0.15, 0.2) is 175 Å². The van der Waals surface area contributed by atoms with E-state index in [0.717, 1.165) is 30.6 Å². The van der Waals surface area contributed by atoms with Gasteiger partial charge in [0.05, 0.1) is 11.0 Å². The minimum Gasteiger partial charge on any atom is -0.295 e. The highest BCUT2D eigenvalue weighted by molar-refractivity contribution is 7.36. The molecule has 0 saturated heterocycles. The maximum Gasteiger partial charge on any atom is 0.159 e. The van der Waals surface area contributed by atoms with Gasteiger partial charge in [0, 0.05) is 42.4 Å². The number of aryl methyl sites for hydroxylation is 7. The van der Waals surface area contributed by atoms with Crippen LogP contribution in [0.1, 0.15) is 251 Å². The summed E-state index contributed by atoms with van der Waals surface area (Å²) >= 11 is 3.45. The van der Waals surface area contributed by atoms with Gasteiger partial charge in [-0.25, -0.2) is 4.98 Å². The molecular formula is C78H131N5OS2. The normalized spacial score (nSPS) is 10.0. The molecule has 8 heteroatoms. The van der Waals surface area contributed by atoms with Gasteiger partial charge in [-0.1, -0.05) is 307 Å². The number of hydrogen-bond donors (Lipinski definition) is 0. The number of rotatable bonds is 2. The molecule has 5 aromatic carbocycles. The number of thiophene rings is 1. The molecule has 6 heterocycles. The van der Waals surface area contributed by atoms with E-state index in [9.17, 15) is 4.79 Å². The number of carbonyl (C=O) groups excluding carboxylic acids is 1. The number of carbonyl (C=O) groups is 1. The molecule has 12 rings (SSSR count). The van der Waals surface area contributed by atoms with E-state index >= 15 is 0 Å². The lowest BCUT2D eigenvalue weighted by molar-refractivity contribution is 0.101. The highest BCUT2D eigenvalue weighted by Gasteiger charge is 2.08. The first-order valence-corrected chi connectivity index (χ1v) is 35.7. The number of fused-ring (bicyclic) bond motifs is 5. The molecule has 86 heavy (non-hydrogen) atoms. The van der Waals surface area contributed by atoms with Crippen LogP contribution in [0.3, 0.4) is 0 Å². The SMILES string of the molecule is CC.CC.CC.CC.CC.CC.CC.CC.CC.CC.CC.CC.CC(=O)c1ccccc1.CCc1ccccc1.c1cc2n(n1)CCC2.c1cc2n(n1)CCCC2.c1cc2ncsc2s1.c1ccc2c(c1)CCCC2.c1ccc2ccccc2c1. The van der Waals surface area contributed by atoms with E-state index < -0.39 is 0 Å². The van der Waals surface area contributed by atoms with Crippen molar-refractivity contribution in [3.63, 3.8) is 0 Å². The van der Waals surface area contributed by atoms with Gasteiger partial charge in [-0.2, -0.15) is 10.2 Å². The predicted octanol–water partition coefficient (Wildman–Crippen LogP) is 26.3. The van der Waals surface area contributed by atoms with Crippen LogP contribution in [0.4, 0.5) is 0 Å². The molecule has 0 atom stereocenters. The van der Waals surface area contributed by atoms with Crippen molar-refractivity contribution >= 4 is 48.8 Å². The fourth-order valence-electron chi connectivity index (χ4n) is 7.32. The number of aromatic nitrogens is 5. The van der Waals surface area contributed by atoms with E-state index in [0.29, 0.717) is 0 Å². The van der Waals surface area contributed by atoms with Crippen LogP contribution in [0.2, 0.25) is 0 Å². The third-order valence-electron chi connectivity index (χ3n) is 10.8. The Morgan fingerprint density at radius 1 is 0.407 bits per heavy atom. The van der Waals surface area contributed by atoms with E-state index in [1.54, 1.807) is 40.7 Å². The van der Waals surface area contributed by atoms with Gasteiger partial charge in [0.25, 0.3) is 0 Å². The van der Waals surface area contributed by atoms with Crippen molar-refractivity contribution in [2.24, 2.45) is 0 Å². The first-order valence-electron chi connectivity index (χ1n) is 34.0. The molecule has 486 valence electrons. The standard InChI is InChI=1S/C10H12.C10H8.C8H8O.C8H10.C7H10N2.C6H8N2.C5H3NS2.12C2H6/c2*1-2-6-10-8-4-3-7-9(10)5-1;1-7(9)8-5-3-2-4-6-8;1-2-8-6-4-3-5-7-8;1-2-6-9-7(3-1)4-5-8-9;1-2-6-3-4-7-8(6)5-1;1-2-7-5-4(1)6-3-8-5;12*1-2/h1-2,5-6H,3-4,7-8H2;1-8H;2-6H,1H3;3-7H,2H2,1H3;4-5H,1-3,6H2;3-4H,1-2,5H2;1-3H;12*1-2H3. The molecule has 3 aliphatic rings. The van der Waals surface area contributed by atoms with Crippen molar-refractivity contribution in [1.29, 1.82) is 0 Å². The molecule has 1 aliphatic carbocycles. The summed E-state index contributed by atoms with van der Waals surface area (Å²) in [6.45, 7) is 54.0. The molecule has 0 radical (unpaired) electrons. The first-order chi connectivity index (χ1) is 42.6. The third-order valence-corrected chi connectivity index (χ3v) is 12.7. The Morgan fingerprint density at radius 2 is 0.767 bits per heavy atom. The van der Waals surface area contributed by atoms with Gasteiger partial charge in [0.2, 0.25) is 0 Å². The lowest BCUT2D eigenvalue weighted by Crippen LogP contribution is -2.10. The Hall–Kier alpha value is -5.96. The van der Waals surface area contributed by atoms with E-state index in [1.807, 2.05) is 227 Å². The third kappa shape index (κ3) is 45.4. The highest BCUT2D eigenvalue weighted by atomic mass is 32.2. The Kier molecular flexibility index (Phi) is 84.0. The summed E-state index contributed by atoms with van der Waals surface area (Å²) in [5.74, 6) is 0.121. The summed E-state index contributed by atoms with van der Waals surface area (Å²) in [5, 5.41) is 13.0. The van der Waals surface area contributed by atoms with E-state index in [1.165, 1.54) is 89.5 Å². The lowest BCUT2D eigenvalue weighted by atomic mass is 9.92. The summed E-state index contributed by atoms with van der Waals surface area (Å²) < 4.78 is 5.49. The average Bonchev–Trinajstić information content (AvgIpc) is 4.64. The molecular weight excluding hydrogens is 1090 g/mol. The topological polar surface area (TPSA) is 65.6 Å². The molecule has 0 N–H and O–H groups in total. The molecule has 6 nitrogen and oxygen atoms in total.